The van der Waals surface area contributed by atoms with E-state index in [2.05, 4.69) is 20.8 Å². The van der Waals surface area contributed by atoms with Crippen molar-refractivity contribution in [3.63, 3.8) is 0 Å². The molecule has 3 aromatic rings. The Hall–Kier alpha value is -2.16. The molecule has 158 valence electrons. The third-order valence-corrected chi connectivity index (χ3v) is 8.33. The number of hydrogen-bond acceptors (Lipinski definition) is 4. The molecule has 0 radical (unpaired) electrons. The minimum absolute atomic E-state index is 0.134. The van der Waals surface area contributed by atoms with Gasteiger partial charge < -0.3 is 9.80 Å². The maximum atomic E-state index is 13.7. The fourth-order valence-electron chi connectivity index (χ4n) is 3.79. The van der Waals surface area contributed by atoms with Crippen molar-refractivity contribution in [1.82, 2.24) is 13.8 Å². The molecule has 2 heterocycles. The molecule has 0 bridgehead atoms. The van der Waals surface area contributed by atoms with E-state index in [1.165, 1.54) is 3.97 Å². The molecule has 8 heteroatoms. The van der Waals surface area contributed by atoms with Crippen molar-refractivity contribution in [2.24, 2.45) is 0 Å². The summed E-state index contributed by atoms with van der Waals surface area (Å²) in [7, 11) is -1.97. The number of nitrogens with zero attached hydrogens (tertiary/aromatic N) is 3. The van der Waals surface area contributed by atoms with Crippen LogP contribution < -0.4 is 0 Å². The fraction of sp³-hybridized carbons (Fsp3) is 0.318. The molecule has 2 aromatic carbocycles. The molecule has 1 aromatic heterocycles. The number of benzene rings is 2. The molecule has 0 unspecified atom stereocenters. The van der Waals surface area contributed by atoms with Gasteiger partial charge in [-0.3, -0.25) is 4.79 Å². The van der Waals surface area contributed by atoms with Crippen LogP contribution in [-0.2, 0) is 16.4 Å². The van der Waals surface area contributed by atoms with E-state index < -0.39 is 10.0 Å². The van der Waals surface area contributed by atoms with Crippen molar-refractivity contribution in [3.05, 3.63) is 64.3 Å². The predicted molar refractivity (Wildman–Crippen MR) is 121 cm³/mol. The van der Waals surface area contributed by atoms with Crippen LogP contribution in [-0.4, -0.2) is 61.3 Å². The quantitative estimate of drug-likeness (QED) is 0.561. The van der Waals surface area contributed by atoms with Gasteiger partial charge in [0, 0.05) is 36.0 Å². The molecular weight excluding hydrogens is 466 g/mol. The summed E-state index contributed by atoms with van der Waals surface area (Å²) in [5.74, 6) is -0.257. The highest BCUT2D eigenvalue weighted by Gasteiger charge is 2.31. The van der Waals surface area contributed by atoms with E-state index in [0.29, 0.717) is 23.1 Å². The number of amides is 1. The number of halogens is 1. The van der Waals surface area contributed by atoms with Crippen molar-refractivity contribution in [3.8, 4) is 0 Å². The molecular formula is C22H24BrN3O3S. The first kappa shape index (κ1) is 21.1. The van der Waals surface area contributed by atoms with Crippen LogP contribution in [0.15, 0.2) is 57.9 Å². The average molecular weight is 490 g/mol. The van der Waals surface area contributed by atoms with Crippen molar-refractivity contribution >= 4 is 42.8 Å². The second kappa shape index (κ2) is 8.17. The number of piperazine rings is 1. The van der Waals surface area contributed by atoms with Gasteiger partial charge in [0.25, 0.3) is 15.9 Å². The Balaban J connectivity index is 1.92. The minimum atomic E-state index is -3.99. The van der Waals surface area contributed by atoms with Gasteiger partial charge in [-0.05, 0) is 65.3 Å². The number of aryl methyl sites for hydroxylation is 1. The van der Waals surface area contributed by atoms with Crippen LogP contribution in [0.2, 0.25) is 0 Å². The molecule has 30 heavy (non-hydrogen) atoms. The Kier molecular flexibility index (Phi) is 5.74. The summed E-state index contributed by atoms with van der Waals surface area (Å²) in [6, 6.07) is 14.1. The number of likely N-dealkylation sites (N-methyl/N-ethyl adjacent to an activating group) is 1. The number of rotatable bonds is 4. The third kappa shape index (κ3) is 3.68. The second-order valence-corrected chi connectivity index (χ2v) is 10.2. The van der Waals surface area contributed by atoms with Gasteiger partial charge in [-0.1, -0.05) is 25.1 Å². The van der Waals surface area contributed by atoms with Crippen molar-refractivity contribution in [2.75, 3.05) is 33.2 Å². The summed E-state index contributed by atoms with van der Waals surface area (Å²) in [4.78, 5) is 17.5. The van der Waals surface area contributed by atoms with Gasteiger partial charge in [-0.2, -0.15) is 0 Å². The molecule has 0 aliphatic carbocycles. The number of aromatic nitrogens is 1. The number of carbonyl (C=O) groups excluding carboxylic acids is 1. The Morgan fingerprint density at radius 2 is 1.73 bits per heavy atom. The molecule has 0 atom stereocenters. The summed E-state index contributed by atoms with van der Waals surface area (Å²) < 4.78 is 29.1. The summed E-state index contributed by atoms with van der Waals surface area (Å²) in [6.07, 6.45) is 0.833. The zero-order chi connectivity index (χ0) is 21.5. The van der Waals surface area contributed by atoms with Gasteiger partial charge in [0.1, 0.15) is 10.6 Å². The van der Waals surface area contributed by atoms with E-state index in [-0.39, 0.29) is 16.5 Å². The van der Waals surface area contributed by atoms with Crippen LogP contribution in [0.4, 0.5) is 0 Å². The lowest BCUT2D eigenvalue weighted by Crippen LogP contribution is -2.47. The maximum absolute atomic E-state index is 13.7. The van der Waals surface area contributed by atoms with Gasteiger partial charge >= 0.3 is 0 Å². The first-order valence-electron chi connectivity index (χ1n) is 9.95. The smallest absolute Gasteiger partial charge is 0.271 e. The number of fused-ring (bicyclic) bond motifs is 1. The van der Waals surface area contributed by atoms with Gasteiger partial charge in [0.2, 0.25) is 0 Å². The lowest BCUT2D eigenvalue weighted by Gasteiger charge is -2.32. The second-order valence-electron chi connectivity index (χ2n) is 7.57. The molecule has 1 saturated heterocycles. The first-order valence-corrected chi connectivity index (χ1v) is 12.2. The van der Waals surface area contributed by atoms with Crippen LogP contribution in [0.3, 0.4) is 0 Å². The molecule has 1 aliphatic rings. The molecule has 0 saturated carbocycles. The van der Waals surface area contributed by atoms with Crippen LogP contribution in [0.25, 0.3) is 10.9 Å². The fourth-order valence-corrected chi connectivity index (χ4v) is 6.27. The van der Waals surface area contributed by atoms with Gasteiger partial charge in [0.05, 0.1) is 5.52 Å². The Labute approximate surface area is 185 Å². The topological polar surface area (TPSA) is 62.6 Å². The highest BCUT2D eigenvalue weighted by molar-refractivity contribution is 9.10. The van der Waals surface area contributed by atoms with Gasteiger partial charge in [-0.15, -0.1) is 0 Å². The Morgan fingerprint density at radius 1 is 1.03 bits per heavy atom. The molecule has 1 amide bonds. The Morgan fingerprint density at radius 3 is 2.40 bits per heavy atom. The highest BCUT2D eigenvalue weighted by Crippen LogP contribution is 2.31. The van der Waals surface area contributed by atoms with E-state index in [0.717, 1.165) is 30.5 Å². The number of carbonyl (C=O) groups is 1. The molecule has 0 N–H and O–H groups in total. The highest BCUT2D eigenvalue weighted by atomic mass is 79.9. The van der Waals surface area contributed by atoms with E-state index in [9.17, 15) is 13.2 Å². The predicted octanol–water partition coefficient (Wildman–Crippen LogP) is 3.59. The lowest BCUT2D eigenvalue weighted by molar-refractivity contribution is 0.0657. The van der Waals surface area contributed by atoms with Crippen LogP contribution in [0, 0.1) is 0 Å². The summed E-state index contributed by atoms with van der Waals surface area (Å²) >= 11 is 3.36. The average Bonchev–Trinajstić information content (AvgIpc) is 3.13. The Bertz CT molecular complexity index is 1210. The first-order chi connectivity index (χ1) is 14.3. The molecule has 6 nitrogen and oxygen atoms in total. The summed E-state index contributed by atoms with van der Waals surface area (Å²) in [5, 5.41) is 0.752. The monoisotopic (exact) mass is 489 g/mol. The van der Waals surface area contributed by atoms with E-state index >= 15 is 0 Å². The maximum Gasteiger partial charge on any atom is 0.271 e. The summed E-state index contributed by atoms with van der Waals surface area (Å²) in [6.45, 7) is 4.73. The van der Waals surface area contributed by atoms with Crippen molar-refractivity contribution in [2.45, 2.75) is 18.2 Å². The zero-order valence-corrected chi connectivity index (χ0v) is 19.4. The van der Waals surface area contributed by atoms with Crippen LogP contribution in [0.5, 0.6) is 0 Å². The lowest BCUT2D eigenvalue weighted by atomic mass is 10.1. The van der Waals surface area contributed by atoms with Crippen LogP contribution >= 0.6 is 15.9 Å². The van der Waals surface area contributed by atoms with Crippen molar-refractivity contribution in [1.29, 1.82) is 0 Å². The van der Waals surface area contributed by atoms with E-state index in [1.54, 1.807) is 41.3 Å². The van der Waals surface area contributed by atoms with Gasteiger partial charge in [-0.25, -0.2) is 12.4 Å². The SMILES string of the molecule is CCc1ccc2c(c1)cc(C(=O)N1CCN(C)CC1)n2S(=O)(=O)c1ccccc1Br. The molecule has 4 rings (SSSR count). The van der Waals surface area contributed by atoms with E-state index in [1.807, 2.05) is 26.1 Å². The van der Waals surface area contributed by atoms with E-state index in [4.69, 9.17) is 0 Å². The van der Waals surface area contributed by atoms with Crippen molar-refractivity contribution < 1.29 is 13.2 Å². The van der Waals surface area contributed by atoms with Gasteiger partial charge in [0.15, 0.2) is 0 Å². The molecule has 1 fully saturated rings. The van der Waals surface area contributed by atoms with Crippen LogP contribution in [0.1, 0.15) is 23.0 Å². The number of hydrogen-bond donors (Lipinski definition) is 0. The molecule has 0 spiro atoms. The summed E-state index contributed by atoms with van der Waals surface area (Å²) in [5.41, 5.74) is 1.79. The normalized spacial score (nSPS) is 15.6. The largest absolute Gasteiger partial charge is 0.335 e. The standard InChI is InChI=1S/C22H24BrN3O3S/c1-3-16-8-9-19-17(14-16)15-20(22(27)25-12-10-24(2)11-13-25)26(19)30(28,29)21-7-5-4-6-18(21)23/h4-9,14-15H,3,10-13H2,1-2H3. The zero-order valence-electron chi connectivity index (χ0n) is 17.0. The minimum Gasteiger partial charge on any atom is -0.335 e. The third-order valence-electron chi connectivity index (χ3n) is 5.59. The molecule has 1 aliphatic heterocycles.